The second-order valence-corrected chi connectivity index (χ2v) is 7.60. The number of rotatable bonds is 5. The molecule has 142 valence electrons. The summed E-state index contributed by atoms with van der Waals surface area (Å²) in [5.74, 6) is -0.391. The summed E-state index contributed by atoms with van der Waals surface area (Å²) in [4.78, 5) is 2.46. The number of hydrogen-bond acceptors (Lipinski definition) is 3. The van der Waals surface area contributed by atoms with Crippen molar-refractivity contribution in [1.29, 1.82) is 0 Å². The number of aromatic nitrogens is 2. The van der Waals surface area contributed by atoms with Gasteiger partial charge >= 0.3 is 0 Å². The van der Waals surface area contributed by atoms with Gasteiger partial charge in [0, 0.05) is 32.1 Å². The molecule has 4 nitrogen and oxygen atoms in total. The molecule has 4 rings (SSSR count). The van der Waals surface area contributed by atoms with Gasteiger partial charge in [0.25, 0.3) is 0 Å². The summed E-state index contributed by atoms with van der Waals surface area (Å²) in [5, 5.41) is 5.64. The number of hydrogen-bond donors (Lipinski definition) is 0. The lowest BCUT2D eigenvalue weighted by atomic mass is 10.1. The van der Waals surface area contributed by atoms with Crippen LogP contribution in [0.1, 0.15) is 24.0 Å². The molecule has 1 saturated heterocycles. The molecule has 27 heavy (non-hydrogen) atoms. The highest BCUT2D eigenvalue weighted by atomic mass is 35.5. The van der Waals surface area contributed by atoms with Crippen molar-refractivity contribution < 1.29 is 9.13 Å². The lowest BCUT2D eigenvalue weighted by Gasteiger charge is -2.32. The van der Waals surface area contributed by atoms with Crippen molar-refractivity contribution in [2.24, 2.45) is 7.05 Å². The largest absolute Gasteiger partial charge is 0.373 e. The summed E-state index contributed by atoms with van der Waals surface area (Å²) in [5.41, 5.74) is 3.29. The van der Waals surface area contributed by atoms with Crippen molar-refractivity contribution in [2.45, 2.75) is 32.1 Å². The molecule has 0 spiro atoms. The van der Waals surface area contributed by atoms with Gasteiger partial charge in [-0.15, -0.1) is 0 Å². The molecule has 1 aliphatic rings. The van der Waals surface area contributed by atoms with Gasteiger partial charge in [-0.3, -0.25) is 9.58 Å². The molecule has 6 heteroatoms. The topological polar surface area (TPSA) is 30.3 Å². The van der Waals surface area contributed by atoms with E-state index in [-0.39, 0.29) is 11.1 Å². The van der Waals surface area contributed by atoms with E-state index in [0.717, 1.165) is 43.6 Å². The van der Waals surface area contributed by atoms with Crippen LogP contribution < -0.4 is 0 Å². The molecular weight excluding hydrogens is 365 g/mol. The fraction of sp³-hybridized carbons (Fsp3) is 0.381. The molecule has 1 aromatic heterocycles. The van der Waals surface area contributed by atoms with Crippen LogP contribution in [0.4, 0.5) is 4.39 Å². The van der Waals surface area contributed by atoms with E-state index in [2.05, 4.69) is 28.2 Å². The van der Waals surface area contributed by atoms with E-state index >= 15 is 0 Å². The predicted molar refractivity (Wildman–Crippen MR) is 105 cm³/mol. The molecule has 0 unspecified atom stereocenters. The smallest absolute Gasteiger partial charge is 0.142 e. The lowest BCUT2D eigenvalue weighted by molar-refractivity contribution is -0.00401. The Kier molecular flexibility index (Phi) is 5.43. The second-order valence-electron chi connectivity index (χ2n) is 7.20. The van der Waals surface area contributed by atoms with Gasteiger partial charge in [-0.05, 0) is 48.2 Å². The molecular formula is C21H23ClFN3O. The number of likely N-dealkylation sites (tertiary alicyclic amines) is 1. The molecule has 2 aromatic carbocycles. The Labute approximate surface area is 163 Å². The Morgan fingerprint density at radius 2 is 1.93 bits per heavy atom. The number of aryl methyl sites for hydroxylation is 1. The van der Waals surface area contributed by atoms with Gasteiger partial charge in [0.2, 0.25) is 0 Å². The Hall–Kier alpha value is -1.95. The first-order valence-electron chi connectivity index (χ1n) is 9.27. The maximum atomic E-state index is 13.5. The summed E-state index contributed by atoms with van der Waals surface area (Å²) in [6.45, 7) is 3.38. The van der Waals surface area contributed by atoms with Crippen LogP contribution in [0.25, 0.3) is 10.9 Å². The van der Waals surface area contributed by atoms with Crippen molar-refractivity contribution in [2.75, 3.05) is 13.1 Å². The van der Waals surface area contributed by atoms with E-state index in [1.54, 1.807) is 6.07 Å². The standard InChI is InChI=1S/C21H23ClFN3O/c1-25-21-5-3-15(10-17(21)12-24-25)13-26-8-6-18(7-9-26)27-14-16-2-4-19(22)20(23)11-16/h2-5,10-12,18H,6-9,13-14H2,1H3. The van der Waals surface area contributed by atoms with E-state index < -0.39 is 5.82 Å². The van der Waals surface area contributed by atoms with Crippen molar-refractivity contribution in [3.05, 3.63) is 64.6 Å². The van der Waals surface area contributed by atoms with Crippen LogP contribution in [-0.4, -0.2) is 33.9 Å². The van der Waals surface area contributed by atoms with Crippen LogP contribution in [0.2, 0.25) is 5.02 Å². The SMILES string of the molecule is Cn1ncc2cc(CN3CCC(OCc4ccc(Cl)c(F)c4)CC3)ccc21. The lowest BCUT2D eigenvalue weighted by Crippen LogP contribution is -2.36. The molecule has 0 radical (unpaired) electrons. The van der Waals surface area contributed by atoms with Crippen LogP contribution in [0, 0.1) is 5.82 Å². The number of fused-ring (bicyclic) bond motifs is 1. The summed E-state index contributed by atoms with van der Waals surface area (Å²) in [7, 11) is 1.96. The zero-order valence-corrected chi connectivity index (χ0v) is 16.1. The van der Waals surface area contributed by atoms with E-state index in [1.807, 2.05) is 24.0 Å². The maximum absolute atomic E-state index is 13.5. The quantitative estimate of drug-likeness (QED) is 0.643. The van der Waals surface area contributed by atoms with Gasteiger partial charge in [0.15, 0.2) is 0 Å². The third kappa shape index (κ3) is 4.32. The zero-order chi connectivity index (χ0) is 18.8. The van der Waals surface area contributed by atoms with Gasteiger partial charge in [0.05, 0.1) is 29.4 Å². The average molecular weight is 388 g/mol. The Bertz CT molecular complexity index is 934. The van der Waals surface area contributed by atoms with Gasteiger partial charge in [0.1, 0.15) is 5.82 Å². The Balaban J connectivity index is 1.27. The number of halogens is 2. The Morgan fingerprint density at radius 1 is 1.15 bits per heavy atom. The fourth-order valence-corrected chi connectivity index (χ4v) is 3.76. The minimum atomic E-state index is -0.391. The van der Waals surface area contributed by atoms with Crippen LogP contribution >= 0.6 is 11.6 Å². The average Bonchev–Trinajstić information content (AvgIpc) is 3.04. The predicted octanol–water partition coefficient (Wildman–Crippen LogP) is 4.55. The van der Waals surface area contributed by atoms with Crippen molar-refractivity contribution in [3.8, 4) is 0 Å². The fourth-order valence-electron chi connectivity index (χ4n) is 3.65. The van der Waals surface area contributed by atoms with E-state index in [0.29, 0.717) is 6.61 Å². The molecule has 0 aliphatic carbocycles. The van der Waals surface area contributed by atoms with Gasteiger partial charge in [-0.25, -0.2) is 4.39 Å². The first-order valence-corrected chi connectivity index (χ1v) is 9.65. The van der Waals surface area contributed by atoms with Crippen LogP contribution in [-0.2, 0) is 24.9 Å². The van der Waals surface area contributed by atoms with Crippen molar-refractivity contribution >= 4 is 22.5 Å². The molecule has 1 fully saturated rings. The molecule has 0 bridgehead atoms. The first kappa shape index (κ1) is 18.4. The molecule has 3 aromatic rings. The first-order chi connectivity index (χ1) is 13.1. The molecule has 1 aliphatic heterocycles. The number of piperidine rings is 1. The minimum Gasteiger partial charge on any atom is -0.373 e. The van der Waals surface area contributed by atoms with Crippen LogP contribution in [0.3, 0.4) is 0 Å². The Morgan fingerprint density at radius 3 is 2.70 bits per heavy atom. The van der Waals surface area contributed by atoms with Crippen LogP contribution in [0.15, 0.2) is 42.6 Å². The van der Waals surface area contributed by atoms with Crippen molar-refractivity contribution in [3.63, 3.8) is 0 Å². The van der Waals surface area contributed by atoms with Crippen LogP contribution in [0.5, 0.6) is 0 Å². The zero-order valence-electron chi connectivity index (χ0n) is 15.4. The normalized spacial score (nSPS) is 16.3. The molecule has 0 amide bonds. The highest BCUT2D eigenvalue weighted by Crippen LogP contribution is 2.21. The number of nitrogens with zero attached hydrogens (tertiary/aromatic N) is 3. The van der Waals surface area contributed by atoms with E-state index in [1.165, 1.54) is 17.0 Å². The molecule has 0 atom stereocenters. The second kappa shape index (κ2) is 7.97. The summed E-state index contributed by atoms with van der Waals surface area (Å²) in [6, 6.07) is 11.4. The summed E-state index contributed by atoms with van der Waals surface area (Å²) >= 11 is 5.72. The maximum Gasteiger partial charge on any atom is 0.142 e. The minimum absolute atomic E-state index is 0.150. The highest BCUT2D eigenvalue weighted by Gasteiger charge is 2.20. The monoisotopic (exact) mass is 387 g/mol. The van der Waals surface area contributed by atoms with Gasteiger partial charge < -0.3 is 4.74 Å². The third-order valence-corrected chi connectivity index (χ3v) is 5.53. The molecule has 0 saturated carbocycles. The number of benzene rings is 2. The number of ether oxygens (including phenoxy) is 1. The van der Waals surface area contributed by atoms with E-state index in [9.17, 15) is 4.39 Å². The highest BCUT2D eigenvalue weighted by molar-refractivity contribution is 6.30. The van der Waals surface area contributed by atoms with Crippen molar-refractivity contribution in [1.82, 2.24) is 14.7 Å². The molecule has 2 heterocycles. The third-order valence-electron chi connectivity index (χ3n) is 5.22. The summed E-state index contributed by atoms with van der Waals surface area (Å²) < 4.78 is 21.4. The molecule has 0 N–H and O–H groups in total. The van der Waals surface area contributed by atoms with Gasteiger partial charge in [-0.2, -0.15) is 5.10 Å². The van der Waals surface area contributed by atoms with Gasteiger partial charge in [-0.1, -0.05) is 23.7 Å². The summed E-state index contributed by atoms with van der Waals surface area (Å²) in [6.07, 6.45) is 4.12. The van der Waals surface area contributed by atoms with E-state index in [4.69, 9.17) is 16.3 Å².